The molecule has 7 heavy (non-hydrogen) atoms. The van der Waals surface area contributed by atoms with E-state index in [4.69, 9.17) is 0 Å². The first-order valence-corrected chi connectivity index (χ1v) is 3.08. The van der Waals surface area contributed by atoms with Crippen LogP contribution in [0, 0.1) is 5.92 Å². The van der Waals surface area contributed by atoms with Crippen molar-refractivity contribution in [1.29, 1.82) is 0 Å². The highest BCUT2D eigenvalue weighted by molar-refractivity contribution is 4.99. The second-order valence-electron chi connectivity index (χ2n) is 2.83. The van der Waals surface area contributed by atoms with E-state index < -0.39 is 0 Å². The Bertz CT molecular complexity index is 90.2. The molecule has 0 N–H and O–H groups in total. The molecule has 1 heterocycles. The summed E-state index contributed by atoms with van der Waals surface area (Å²) in [5.41, 5.74) is 0. The minimum Gasteiger partial charge on any atom is -0.303 e. The zero-order chi connectivity index (χ0) is 4.85. The molecule has 1 heteroatoms. The van der Waals surface area contributed by atoms with E-state index >= 15 is 0 Å². The van der Waals surface area contributed by atoms with Crippen molar-refractivity contribution in [3.05, 3.63) is 0 Å². The summed E-state index contributed by atoms with van der Waals surface area (Å²) in [4.78, 5) is 2.48. The molecule has 1 saturated heterocycles. The van der Waals surface area contributed by atoms with Crippen molar-refractivity contribution >= 4 is 0 Å². The highest BCUT2D eigenvalue weighted by Crippen LogP contribution is 2.42. The molecule has 0 aromatic carbocycles. The summed E-state index contributed by atoms with van der Waals surface area (Å²) in [6.07, 6.45) is 2.97. The normalized spacial score (nSPS) is 49.3. The van der Waals surface area contributed by atoms with E-state index in [0.29, 0.717) is 0 Å². The Morgan fingerprint density at radius 1 is 1.57 bits per heavy atom. The highest BCUT2D eigenvalue weighted by atomic mass is 15.2. The summed E-state index contributed by atoms with van der Waals surface area (Å²) in [6.45, 7) is 1.36. The third-order valence-electron chi connectivity index (χ3n) is 2.30. The molecule has 1 aliphatic heterocycles. The van der Waals surface area contributed by atoms with Crippen LogP contribution < -0.4 is 0 Å². The van der Waals surface area contributed by atoms with Gasteiger partial charge in [-0.25, -0.2) is 0 Å². The molecule has 2 aliphatic rings. The van der Waals surface area contributed by atoms with Gasteiger partial charge in [-0.05, 0) is 32.4 Å². The lowest BCUT2D eigenvalue weighted by Crippen LogP contribution is -2.16. The monoisotopic (exact) mass is 97.1 g/mol. The van der Waals surface area contributed by atoms with E-state index in [1.165, 1.54) is 19.4 Å². The quantitative estimate of drug-likeness (QED) is 0.430. The number of rotatable bonds is 0. The molecule has 0 aromatic heterocycles. The van der Waals surface area contributed by atoms with E-state index in [-0.39, 0.29) is 0 Å². The van der Waals surface area contributed by atoms with E-state index in [0.717, 1.165) is 12.0 Å². The third kappa shape index (κ3) is 0.418. The molecule has 0 radical (unpaired) electrons. The maximum atomic E-state index is 2.48. The van der Waals surface area contributed by atoms with E-state index in [9.17, 15) is 0 Å². The van der Waals surface area contributed by atoms with Gasteiger partial charge < -0.3 is 4.90 Å². The van der Waals surface area contributed by atoms with E-state index in [1.54, 1.807) is 0 Å². The molecule has 2 rings (SSSR count). The number of hydrogen-bond acceptors (Lipinski definition) is 1. The van der Waals surface area contributed by atoms with Crippen LogP contribution >= 0.6 is 0 Å². The predicted molar refractivity (Wildman–Crippen MR) is 29.1 cm³/mol. The SMILES string of the molecule is CN1CCC2C[C@@H]21. The van der Waals surface area contributed by atoms with Gasteiger partial charge in [-0.1, -0.05) is 0 Å². The van der Waals surface area contributed by atoms with Crippen LogP contribution in [-0.4, -0.2) is 24.5 Å². The van der Waals surface area contributed by atoms with Crippen molar-refractivity contribution in [2.45, 2.75) is 18.9 Å². The molecule has 1 saturated carbocycles. The second-order valence-corrected chi connectivity index (χ2v) is 2.83. The molecular weight excluding hydrogens is 86.1 g/mol. The molecular formula is C6H11N. The first-order chi connectivity index (χ1) is 3.38. The van der Waals surface area contributed by atoms with Crippen LogP contribution in [0.15, 0.2) is 0 Å². The largest absolute Gasteiger partial charge is 0.303 e. The molecule has 0 spiro atoms. The molecule has 2 fully saturated rings. The van der Waals surface area contributed by atoms with Crippen LogP contribution in [0.4, 0.5) is 0 Å². The van der Waals surface area contributed by atoms with Crippen molar-refractivity contribution in [1.82, 2.24) is 4.90 Å². The van der Waals surface area contributed by atoms with Crippen molar-refractivity contribution in [3.8, 4) is 0 Å². The lowest BCUT2D eigenvalue weighted by atomic mass is 10.3. The summed E-state index contributed by atoms with van der Waals surface area (Å²) < 4.78 is 0. The fraction of sp³-hybridized carbons (Fsp3) is 1.00. The second kappa shape index (κ2) is 1.03. The summed E-state index contributed by atoms with van der Waals surface area (Å²) in [6, 6.07) is 1.01. The van der Waals surface area contributed by atoms with Crippen LogP contribution in [0.2, 0.25) is 0 Å². The smallest absolute Gasteiger partial charge is 0.0125 e. The number of likely N-dealkylation sites (tertiary alicyclic amines) is 1. The van der Waals surface area contributed by atoms with Gasteiger partial charge >= 0.3 is 0 Å². The topological polar surface area (TPSA) is 3.24 Å². The van der Waals surface area contributed by atoms with Gasteiger partial charge in [0.05, 0.1) is 0 Å². The number of piperidine rings is 1. The summed E-state index contributed by atoms with van der Waals surface area (Å²) in [5, 5.41) is 0. The highest BCUT2D eigenvalue weighted by Gasteiger charge is 2.44. The first kappa shape index (κ1) is 3.90. The predicted octanol–water partition coefficient (Wildman–Crippen LogP) is 0.710. The standard InChI is InChI=1S/C6H11N/c1-7-3-2-5-4-6(5)7/h5-6H,2-4H2,1H3/t5?,6-/m0/s1. The van der Waals surface area contributed by atoms with E-state index in [2.05, 4.69) is 11.9 Å². The Morgan fingerprint density at radius 2 is 2.43 bits per heavy atom. The summed E-state index contributed by atoms with van der Waals surface area (Å²) in [5.74, 6) is 1.12. The lowest BCUT2D eigenvalue weighted by molar-refractivity contribution is 0.369. The first-order valence-electron chi connectivity index (χ1n) is 3.08. The zero-order valence-corrected chi connectivity index (χ0v) is 4.72. The van der Waals surface area contributed by atoms with Gasteiger partial charge in [0.1, 0.15) is 0 Å². The molecule has 1 unspecified atom stereocenters. The Labute approximate surface area is 44.3 Å². The van der Waals surface area contributed by atoms with Crippen LogP contribution in [-0.2, 0) is 0 Å². The molecule has 1 nitrogen and oxygen atoms in total. The maximum Gasteiger partial charge on any atom is 0.0125 e. The molecule has 2 atom stereocenters. The van der Waals surface area contributed by atoms with Gasteiger partial charge in [0.2, 0.25) is 0 Å². The zero-order valence-electron chi connectivity index (χ0n) is 4.72. The minimum atomic E-state index is 1.01. The number of nitrogens with zero attached hydrogens (tertiary/aromatic N) is 1. The Hall–Kier alpha value is -0.0400. The van der Waals surface area contributed by atoms with Gasteiger partial charge in [-0.3, -0.25) is 0 Å². The van der Waals surface area contributed by atoms with Crippen molar-refractivity contribution in [2.24, 2.45) is 5.92 Å². The fourth-order valence-corrected chi connectivity index (χ4v) is 1.62. The molecule has 0 bridgehead atoms. The number of hydrogen-bond donors (Lipinski definition) is 0. The van der Waals surface area contributed by atoms with E-state index in [1.807, 2.05) is 0 Å². The number of fused-ring (bicyclic) bond motifs is 1. The molecule has 40 valence electrons. The van der Waals surface area contributed by atoms with Crippen LogP contribution in [0.5, 0.6) is 0 Å². The van der Waals surface area contributed by atoms with Gasteiger partial charge in [0.15, 0.2) is 0 Å². The molecule has 1 aliphatic carbocycles. The lowest BCUT2D eigenvalue weighted by Gasteiger charge is -2.06. The van der Waals surface area contributed by atoms with Gasteiger partial charge in [-0.15, -0.1) is 0 Å². The van der Waals surface area contributed by atoms with Gasteiger partial charge in [-0.2, -0.15) is 0 Å². The average molecular weight is 97.2 g/mol. The van der Waals surface area contributed by atoms with Crippen LogP contribution in [0.1, 0.15) is 12.8 Å². The van der Waals surface area contributed by atoms with Crippen LogP contribution in [0.3, 0.4) is 0 Å². The van der Waals surface area contributed by atoms with Crippen LogP contribution in [0.25, 0.3) is 0 Å². The van der Waals surface area contributed by atoms with Crippen molar-refractivity contribution in [3.63, 3.8) is 0 Å². The Balaban J connectivity index is 2.08. The van der Waals surface area contributed by atoms with Crippen molar-refractivity contribution < 1.29 is 0 Å². The van der Waals surface area contributed by atoms with Crippen molar-refractivity contribution in [2.75, 3.05) is 13.6 Å². The molecule has 0 amide bonds. The summed E-state index contributed by atoms with van der Waals surface area (Å²) in [7, 11) is 2.23. The molecule has 0 aromatic rings. The Kier molecular flexibility index (Phi) is 0.571. The van der Waals surface area contributed by atoms with Gasteiger partial charge in [0.25, 0.3) is 0 Å². The Morgan fingerprint density at radius 3 is 2.57 bits per heavy atom. The third-order valence-corrected chi connectivity index (χ3v) is 2.30. The minimum absolute atomic E-state index is 1.01. The van der Waals surface area contributed by atoms with Gasteiger partial charge in [0, 0.05) is 6.04 Å². The average Bonchev–Trinajstić information content (AvgIpc) is 2.33. The maximum absolute atomic E-state index is 2.48. The fourth-order valence-electron chi connectivity index (χ4n) is 1.62. The summed E-state index contributed by atoms with van der Waals surface area (Å²) >= 11 is 0.